The molecule has 0 saturated carbocycles. The second-order valence-corrected chi connectivity index (χ2v) is 0.260. The summed E-state index contributed by atoms with van der Waals surface area (Å²) in [7, 11) is 0. The molecule has 0 bridgehead atoms. The van der Waals surface area contributed by atoms with E-state index in [9.17, 15) is 0 Å². The Balaban J connectivity index is -0.00000000825. The van der Waals surface area contributed by atoms with Crippen molar-refractivity contribution in [3.63, 3.8) is 0 Å². The molecular weight excluding hydrogens is 261 g/mol. The molecule has 0 heterocycles. The zero-order valence-corrected chi connectivity index (χ0v) is 7.99. The molecule has 2 N–H and O–H groups in total. The molecule has 0 aliphatic rings. The predicted molar refractivity (Wildman–Crippen MR) is 32.0 cm³/mol. The Morgan fingerprint density at radius 3 is 0.889 bits per heavy atom. The summed E-state index contributed by atoms with van der Waals surface area (Å²) in [6, 6.07) is 0. The van der Waals surface area contributed by atoms with E-state index in [1.807, 2.05) is 0 Å². The maximum absolute atomic E-state index is 8.41. The second kappa shape index (κ2) is 128. The van der Waals surface area contributed by atoms with Crippen LogP contribution in [0.2, 0.25) is 0 Å². The van der Waals surface area contributed by atoms with Gasteiger partial charge >= 0.3 is 22.5 Å². The summed E-state index contributed by atoms with van der Waals surface area (Å²) in [5.74, 6) is 0. The summed E-state index contributed by atoms with van der Waals surface area (Å²) in [6.07, 6.45) is 0. The SMILES string of the molecule is Cl.Cl.OCl.OCl.[O]=[Mn]=[O]. The van der Waals surface area contributed by atoms with Crippen LogP contribution in [0.5, 0.6) is 0 Å². The predicted octanol–water partition coefficient (Wildman–Crippen LogP) is 0.869. The molecule has 0 aromatic carbocycles. The molecule has 63 valence electrons. The van der Waals surface area contributed by atoms with Crippen molar-refractivity contribution >= 4 is 48.5 Å². The van der Waals surface area contributed by atoms with Gasteiger partial charge in [-0.3, -0.25) is 9.32 Å². The first-order valence-corrected chi connectivity index (χ1v) is 2.29. The Labute approximate surface area is 80.3 Å². The summed E-state index contributed by atoms with van der Waals surface area (Å²) >= 11 is 5.84. The molecule has 4 nitrogen and oxygen atoms in total. The monoisotopic (exact) mass is 263 g/mol. The van der Waals surface area contributed by atoms with Gasteiger partial charge in [-0.2, -0.15) is 0 Å². The Morgan fingerprint density at radius 2 is 0.889 bits per heavy atom. The maximum atomic E-state index is 8.41. The standard InChI is InChI=1S/2ClHO.2ClH.Mn.2O/c2*1-2;;;;;/h2*2H;2*1H;;;. The van der Waals surface area contributed by atoms with Crippen molar-refractivity contribution in [1.82, 2.24) is 0 Å². The topological polar surface area (TPSA) is 74.6 Å². The van der Waals surface area contributed by atoms with E-state index in [0.717, 1.165) is 0 Å². The number of rotatable bonds is 0. The molecule has 0 atom stereocenters. The van der Waals surface area contributed by atoms with Crippen molar-refractivity contribution in [3.05, 3.63) is 0 Å². The summed E-state index contributed by atoms with van der Waals surface area (Å²) in [4.78, 5) is 0. The van der Waals surface area contributed by atoms with Crippen LogP contribution in [0.1, 0.15) is 0 Å². The Hall–Kier alpha value is 1.20. The zero-order valence-electron chi connectivity index (χ0n) is 3.66. The first-order valence-electron chi connectivity index (χ1n) is 0.647. The fraction of sp³-hybridized carbons (Fsp3) is 0. The van der Waals surface area contributed by atoms with E-state index in [0.29, 0.717) is 0 Å². The van der Waals surface area contributed by atoms with E-state index in [1.165, 1.54) is 0 Å². The molecule has 9 heteroatoms. The summed E-state index contributed by atoms with van der Waals surface area (Å²) in [5.41, 5.74) is 0. The van der Waals surface area contributed by atoms with Gasteiger partial charge in [-0.15, -0.1) is 24.8 Å². The number of hydrogen-bond acceptors (Lipinski definition) is 4. The van der Waals surface area contributed by atoms with Gasteiger partial charge in [-0.25, -0.2) is 0 Å². The van der Waals surface area contributed by atoms with Crippen LogP contribution in [0.25, 0.3) is 0 Å². The van der Waals surface area contributed by atoms with Gasteiger partial charge in [0.25, 0.3) is 0 Å². The normalized spacial score (nSPS) is 2.67. The molecule has 0 aliphatic heterocycles. The summed E-state index contributed by atoms with van der Waals surface area (Å²) in [5, 5.41) is 0. The molecule has 0 spiro atoms. The van der Waals surface area contributed by atoms with Crippen LogP contribution in [0.4, 0.5) is 0 Å². The Morgan fingerprint density at radius 1 is 0.889 bits per heavy atom. The van der Waals surface area contributed by atoms with Gasteiger partial charge in [0.15, 0.2) is 0 Å². The zero-order chi connectivity index (χ0) is 6.71. The third-order valence-corrected chi connectivity index (χ3v) is 0. The van der Waals surface area contributed by atoms with Crippen LogP contribution in [-0.4, -0.2) is 9.32 Å². The molecule has 9 heavy (non-hydrogen) atoms. The van der Waals surface area contributed by atoms with Crippen molar-refractivity contribution < 1.29 is 31.8 Å². The molecule has 0 unspecified atom stereocenters. The molecule has 0 fully saturated rings. The molecule has 0 saturated heterocycles. The average Bonchev–Trinajstić information content (AvgIpc) is 1.78. The van der Waals surface area contributed by atoms with Crippen LogP contribution in [0.3, 0.4) is 0 Å². The Bertz CT molecular complexity index is 33.5. The van der Waals surface area contributed by atoms with E-state index < -0.39 is 14.8 Å². The molecular formula is H4Cl4MnO4. The van der Waals surface area contributed by atoms with E-state index >= 15 is 0 Å². The molecule has 0 aliphatic carbocycles. The van der Waals surface area contributed by atoms with Crippen LogP contribution >= 0.6 is 48.5 Å². The second-order valence-electron chi connectivity index (χ2n) is 0.0630. The van der Waals surface area contributed by atoms with Gasteiger partial charge < -0.3 is 0 Å². The van der Waals surface area contributed by atoms with Crippen LogP contribution < -0.4 is 0 Å². The number of halogens is 4. The van der Waals surface area contributed by atoms with Gasteiger partial charge in [-0.05, 0) is 0 Å². The average molecular weight is 265 g/mol. The first-order chi connectivity index (χ1) is 3.41. The summed E-state index contributed by atoms with van der Waals surface area (Å²) < 4.78 is 29.8. The fourth-order valence-electron chi connectivity index (χ4n) is 0. The van der Waals surface area contributed by atoms with Crippen molar-refractivity contribution in [2.24, 2.45) is 0 Å². The van der Waals surface area contributed by atoms with Gasteiger partial charge in [-0.1, -0.05) is 0 Å². The fourth-order valence-corrected chi connectivity index (χ4v) is 0. The van der Waals surface area contributed by atoms with E-state index in [1.54, 1.807) is 0 Å². The van der Waals surface area contributed by atoms with Crippen LogP contribution in [0, 0.1) is 0 Å². The molecule has 0 aromatic rings. The van der Waals surface area contributed by atoms with Gasteiger partial charge in [0, 0.05) is 0 Å². The quantitative estimate of drug-likeness (QED) is 0.637. The van der Waals surface area contributed by atoms with Gasteiger partial charge in [0.05, 0.1) is 23.7 Å². The van der Waals surface area contributed by atoms with Crippen molar-refractivity contribution in [2.75, 3.05) is 0 Å². The first kappa shape index (κ1) is 31.9. The molecule has 0 radical (unpaired) electrons. The minimum atomic E-state index is -1.44. The molecule has 0 amide bonds. The molecule has 0 rings (SSSR count). The van der Waals surface area contributed by atoms with Crippen LogP contribution in [-0.2, 0) is 22.5 Å². The van der Waals surface area contributed by atoms with E-state index in [4.69, 9.17) is 17.0 Å². The number of hydrogen-bond donors (Lipinski definition) is 2. The van der Waals surface area contributed by atoms with Crippen molar-refractivity contribution in [3.8, 4) is 0 Å². The minimum absolute atomic E-state index is 0. The third-order valence-electron chi connectivity index (χ3n) is 0. The van der Waals surface area contributed by atoms with Gasteiger partial charge in [0.2, 0.25) is 0 Å². The van der Waals surface area contributed by atoms with Gasteiger partial charge in [0.1, 0.15) is 0 Å². The third kappa shape index (κ3) is 331. The van der Waals surface area contributed by atoms with E-state index in [2.05, 4.69) is 23.7 Å². The molecule has 0 aromatic heterocycles. The van der Waals surface area contributed by atoms with E-state index in [-0.39, 0.29) is 24.8 Å². The van der Waals surface area contributed by atoms with Crippen molar-refractivity contribution in [2.45, 2.75) is 0 Å². The Kier molecular flexibility index (Phi) is 454. The summed E-state index contributed by atoms with van der Waals surface area (Å²) in [6.45, 7) is 0. The van der Waals surface area contributed by atoms with Crippen molar-refractivity contribution in [1.29, 1.82) is 0 Å². The van der Waals surface area contributed by atoms with Crippen LogP contribution in [0.15, 0.2) is 0 Å².